The Kier molecular flexibility index (Phi) is 5840. The van der Waals surface area contributed by atoms with Gasteiger partial charge in [-0.2, -0.15) is 0 Å². The molecule has 0 atom stereocenters. The summed E-state index contributed by atoms with van der Waals surface area (Å²) in [5.74, 6) is 0. The summed E-state index contributed by atoms with van der Waals surface area (Å²) in [6, 6.07) is 0. The van der Waals surface area contributed by atoms with E-state index >= 15 is 0 Å². The smallest absolute Gasteiger partial charge is 0.0319 e. The molecule has 0 bridgehead atoms. The van der Waals surface area contributed by atoms with Gasteiger partial charge in [0.25, 0.3) is 0 Å². The summed E-state index contributed by atoms with van der Waals surface area (Å²) < 4.78 is 0. The van der Waals surface area contributed by atoms with Crippen LogP contribution in [0.2, 0.25) is 0 Å². The number of halogens is 1. The van der Waals surface area contributed by atoms with Crippen LogP contribution in [0.4, 0.5) is 4.70 Å². The first-order valence-electron chi connectivity index (χ1n) is 0.894. The minimum Gasteiger partial charge on any atom is -0.400 e. The molecule has 3 heteroatoms. The molecule has 0 aromatic heterocycles. The second kappa shape index (κ2) is 1390. The van der Waals surface area contributed by atoms with Gasteiger partial charge in [-0.1, -0.05) is 0 Å². The maximum absolute atomic E-state index is 7.00. The molecule has 0 saturated carbocycles. The third-order valence-electron chi connectivity index (χ3n) is 0. The van der Waals surface area contributed by atoms with Gasteiger partial charge < -0.3 is 10.2 Å². The Morgan fingerprint density at radius 1 is 0.800 bits per heavy atom. The predicted molar refractivity (Wildman–Crippen MR) is 18.8 cm³/mol. The first-order chi connectivity index (χ1) is 2.00. The van der Waals surface area contributed by atoms with E-state index in [0.29, 0.717) is 0 Å². The fourth-order valence-electron chi connectivity index (χ4n) is 0. The van der Waals surface area contributed by atoms with Crippen molar-refractivity contribution < 1.29 is 14.9 Å². The zero-order valence-corrected chi connectivity index (χ0v) is 3.30. The Morgan fingerprint density at radius 2 is 0.800 bits per heavy atom. The third kappa shape index (κ3) is 586. The molecule has 0 saturated heterocycles. The highest BCUT2D eigenvalue weighted by molar-refractivity contribution is 3.18. The molecule has 0 aliphatic rings. The molecule has 0 radical (unpaired) electrons. The van der Waals surface area contributed by atoms with Crippen LogP contribution >= 0.6 is 0 Å². The maximum Gasteiger partial charge on any atom is 0.0319 e. The Morgan fingerprint density at radius 3 is 0.800 bits per heavy atom. The minimum atomic E-state index is 0. The van der Waals surface area contributed by atoms with Gasteiger partial charge in [-0.25, -0.2) is 0 Å². The summed E-state index contributed by atoms with van der Waals surface area (Å²) in [7, 11) is 2.00. The van der Waals surface area contributed by atoms with Gasteiger partial charge in [0, 0.05) is 14.2 Å². The second-order valence-electron chi connectivity index (χ2n) is 0. The van der Waals surface area contributed by atoms with E-state index in [9.17, 15) is 0 Å². The van der Waals surface area contributed by atoms with Crippen molar-refractivity contribution in [1.29, 1.82) is 0 Å². The summed E-state index contributed by atoms with van der Waals surface area (Å²) >= 11 is 0. The zero-order valence-electron chi connectivity index (χ0n) is 3.30. The third-order valence-corrected chi connectivity index (χ3v) is 0. The van der Waals surface area contributed by atoms with E-state index < -0.39 is 0 Å². The number of hydrogen-bond donors (Lipinski definition) is 2. The van der Waals surface area contributed by atoms with Crippen molar-refractivity contribution >= 4 is 0 Å². The number of rotatable bonds is 0. The molecule has 0 unspecified atom stereocenters. The van der Waals surface area contributed by atoms with Gasteiger partial charge in [-0.05, 0) is 0 Å². The van der Waals surface area contributed by atoms with Gasteiger partial charge in [0.2, 0.25) is 0 Å². The van der Waals surface area contributed by atoms with Crippen molar-refractivity contribution in [1.82, 2.24) is 0 Å². The summed E-state index contributed by atoms with van der Waals surface area (Å²) in [5, 5.41) is 14.0. The molecule has 0 heterocycles. The minimum absolute atomic E-state index is 0. The molecule has 0 aliphatic carbocycles. The number of aliphatic hydroxyl groups is 2. The van der Waals surface area contributed by atoms with E-state index in [1.807, 2.05) is 0 Å². The van der Waals surface area contributed by atoms with Gasteiger partial charge in [0.15, 0.2) is 0 Å². The maximum atomic E-state index is 7.00. The average molecular weight is 84.1 g/mol. The molecule has 0 amide bonds. The van der Waals surface area contributed by atoms with E-state index in [0.717, 1.165) is 14.2 Å². The molecule has 0 aliphatic heterocycles. The second-order valence-corrected chi connectivity index (χ2v) is 0. The summed E-state index contributed by atoms with van der Waals surface area (Å²) in [6.07, 6.45) is 0. The molecule has 5 heavy (non-hydrogen) atoms. The highest BCUT2D eigenvalue weighted by Crippen LogP contribution is 0.757. The summed E-state index contributed by atoms with van der Waals surface area (Å²) in [6.45, 7) is 0. The fourth-order valence-corrected chi connectivity index (χ4v) is 0. The Hall–Kier alpha value is -0.150. The highest BCUT2D eigenvalue weighted by atomic mass is 19.0. The van der Waals surface area contributed by atoms with Gasteiger partial charge >= 0.3 is 0 Å². The zero-order chi connectivity index (χ0) is 4.00. The molecule has 0 aromatic carbocycles. The lowest BCUT2D eigenvalue weighted by atomic mass is 11.8. The monoisotopic (exact) mass is 84.1 g/mol. The lowest BCUT2D eigenvalue weighted by molar-refractivity contribution is 0.399. The molecule has 0 fully saturated rings. The van der Waals surface area contributed by atoms with Gasteiger partial charge in [0.05, 0.1) is 0 Å². The van der Waals surface area contributed by atoms with Crippen LogP contribution in [0.5, 0.6) is 0 Å². The van der Waals surface area contributed by atoms with E-state index in [1.165, 1.54) is 0 Å². The van der Waals surface area contributed by atoms with Crippen LogP contribution in [0.25, 0.3) is 0 Å². The normalized spacial score (nSPS) is 2.40. The van der Waals surface area contributed by atoms with Gasteiger partial charge in [-0.15, -0.1) is 0 Å². The summed E-state index contributed by atoms with van der Waals surface area (Å²) in [4.78, 5) is 0. The standard InChI is InChI=1S/2CH4O.FH/c2*1-2;/h2*2H,1H3;1H. The first-order valence-corrected chi connectivity index (χ1v) is 0.894. The topological polar surface area (TPSA) is 40.5 Å². The number of aliphatic hydroxyl groups excluding tert-OH is 2. The average Bonchev–Trinajstić information content (AvgIpc) is 1.50. The predicted octanol–water partition coefficient (Wildman–Crippen LogP) is -0.631. The van der Waals surface area contributed by atoms with Crippen LogP contribution in [0.1, 0.15) is 0 Å². The molecular formula is C2H9FO2. The van der Waals surface area contributed by atoms with Gasteiger partial charge in [-0.3, -0.25) is 4.70 Å². The highest BCUT2D eigenvalue weighted by Gasteiger charge is 0.841. The van der Waals surface area contributed by atoms with Crippen molar-refractivity contribution in [3.05, 3.63) is 0 Å². The lowest BCUT2D eigenvalue weighted by Gasteiger charge is -1.21. The van der Waals surface area contributed by atoms with E-state index in [1.54, 1.807) is 0 Å². The molecule has 0 aromatic rings. The molecule has 36 valence electrons. The molecule has 2 nitrogen and oxygen atoms in total. The van der Waals surface area contributed by atoms with E-state index in [4.69, 9.17) is 10.2 Å². The molecular weight excluding hydrogens is 75.0 g/mol. The van der Waals surface area contributed by atoms with Crippen LogP contribution in [0, 0.1) is 0 Å². The van der Waals surface area contributed by atoms with Crippen molar-refractivity contribution in [2.45, 2.75) is 0 Å². The SMILES string of the molecule is CO.CO.F. The van der Waals surface area contributed by atoms with Crippen molar-refractivity contribution in [3.63, 3.8) is 0 Å². The van der Waals surface area contributed by atoms with Crippen molar-refractivity contribution in [2.24, 2.45) is 0 Å². The fraction of sp³-hybridized carbons (Fsp3) is 1.00. The van der Waals surface area contributed by atoms with Crippen LogP contribution in [-0.4, -0.2) is 24.4 Å². The van der Waals surface area contributed by atoms with Crippen molar-refractivity contribution in [3.8, 4) is 0 Å². The lowest BCUT2D eigenvalue weighted by Crippen LogP contribution is -1.25. The van der Waals surface area contributed by atoms with Crippen LogP contribution in [-0.2, 0) is 0 Å². The molecule has 0 rings (SSSR count). The number of hydrogen-bond acceptors (Lipinski definition) is 2. The molecule has 2 N–H and O–H groups in total. The van der Waals surface area contributed by atoms with Crippen LogP contribution < -0.4 is 0 Å². The first kappa shape index (κ1) is 21.0. The largest absolute Gasteiger partial charge is 0.400 e. The Balaban J connectivity index is -0.0000000133. The Bertz CT molecular complexity index is 7.61. The van der Waals surface area contributed by atoms with Crippen molar-refractivity contribution in [2.75, 3.05) is 14.2 Å². The Labute approximate surface area is 30.4 Å². The van der Waals surface area contributed by atoms with E-state index in [2.05, 4.69) is 0 Å². The quantitative estimate of drug-likeness (QED) is 0.410. The van der Waals surface area contributed by atoms with Crippen LogP contribution in [0.3, 0.4) is 0 Å². The molecule has 0 spiro atoms. The van der Waals surface area contributed by atoms with Crippen LogP contribution in [0.15, 0.2) is 0 Å². The van der Waals surface area contributed by atoms with E-state index in [-0.39, 0.29) is 4.70 Å². The van der Waals surface area contributed by atoms with Gasteiger partial charge in [0.1, 0.15) is 0 Å². The summed E-state index contributed by atoms with van der Waals surface area (Å²) in [5.41, 5.74) is 0.